The van der Waals surface area contributed by atoms with Crippen LogP contribution in [0.2, 0.25) is 0 Å². The molecule has 0 fully saturated rings. The zero-order valence-corrected chi connectivity index (χ0v) is 21.5. The van der Waals surface area contributed by atoms with Crippen molar-refractivity contribution in [2.75, 3.05) is 26.3 Å². The number of ketones is 1. The molecular weight excluding hydrogens is 490 g/mol. The number of ether oxygens (including phenoxy) is 2. The molecule has 5 N–H and O–H groups in total. The Kier molecular flexibility index (Phi) is 9.43. The third-order valence-corrected chi connectivity index (χ3v) is 5.59. The maximum atomic E-state index is 12.5. The number of carbonyl (C=O) groups excluding carboxylic acids is 2. The lowest BCUT2D eigenvalue weighted by Gasteiger charge is -2.28. The maximum Gasteiger partial charge on any atom is 0.323 e. The van der Waals surface area contributed by atoms with Crippen LogP contribution in [0, 0.1) is 13.5 Å². The van der Waals surface area contributed by atoms with Crippen molar-refractivity contribution in [3.63, 3.8) is 0 Å². The van der Waals surface area contributed by atoms with Crippen LogP contribution >= 0.6 is 0 Å². The second-order valence-corrected chi connectivity index (χ2v) is 9.31. The second kappa shape index (κ2) is 12.7. The van der Waals surface area contributed by atoms with Crippen LogP contribution in [0.3, 0.4) is 0 Å². The summed E-state index contributed by atoms with van der Waals surface area (Å²) in [6, 6.07) is 13.1. The number of aromatic nitrogens is 2. The van der Waals surface area contributed by atoms with Gasteiger partial charge < -0.3 is 35.2 Å². The van der Waals surface area contributed by atoms with Gasteiger partial charge in [-0.05, 0) is 51.1 Å². The van der Waals surface area contributed by atoms with E-state index >= 15 is 0 Å². The van der Waals surface area contributed by atoms with Crippen LogP contribution in [-0.2, 0) is 4.79 Å². The monoisotopic (exact) mass is 521 g/mol. The zero-order valence-electron chi connectivity index (χ0n) is 21.5. The first-order valence-electron chi connectivity index (χ1n) is 11.9. The van der Waals surface area contributed by atoms with Gasteiger partial charge in [0.2, 0.25) is 11.5 Å². The summed E-state index contributed by atoms with van der Waals surface area (Å²) >= 11 is 0. The fourth-order valence-corrected chi connectivity index (χ4v) is 3.44. The first kappa shape index (κ1) is 28.2. The Balaban J connectivity index is 1.38. The Labute approximate surface area is 220 Å². The van der Waals surface area contributed by atoms with Crippen molar-refractivity contribution in [2.24, 2.45) is 0 Å². The molecule has 3 aromatic rings. The number of aliphatic hydroxyl groups is 1. The third-order valence-electron chi connectivity index (χ3n) is 5.59. The summed E-state index contributed by atoms with van der Waals surface area (Å²) in [5, 5.41) is 16.2. The minimum Gasteiger partial charge on any atom is -0.502 e. The van der Waals surface area contributed by atoms with Crippen molar-refractivity contribution < 1.29 is 24.2 Å². The molecule has 0 aliphatic carbocycles. The molecule has 0 bridgehead atoms. The largest absolute Gasteiger partial charge is 0.502 e. The number of nitrogens with one attached hydrogen (secondary N) is 4. The SMILES string of the molecule is [C-]#[N+]c1ccccc1OC[C@@H](O)CNC(C)(C)CNC(=O)COc1ccc(C(=O)c2[nH]c(=O)[nH]c2C)cc1. The number of H-pyrrole nitrogens is 2. The molecule has 0 saturated heterocycles. The van der Waals surface area contributed by atoms with Gasteiger partial charge in [-0.1, -0.05) is 18.2 Å². The molecule has 1 amide bonds. The molecule has 3 rings (SSSR count). The van der Waals surface area contributed by atoms with Gasteiger partial charge in [0.25, 0.3) is 5.91 Å². The fourth-order valence-electron chi connectivity index (χ4n) is 3.44. The highest BCUT2D eigenvalue weighted by molar-refractivity contribution is 6.08. The van der Waals surface area contributed by atoms with E-state index in [0.717, 1.165) is 0 Å². The van der Waals surface area contributed by atoms with E-state index in [1.165, 1.54) is 0 Å². The number of benzene rings is 2. The molecule has 1 atom stereocenters. The van der Waals surface area contributed by atoms with Gasteiger partial charge in [0, 0.05) is 29.9 Å². The predicted molar refractivity (Wildman–Crippen MR) is 141 cm³/mol. The Morgan fingerprint density at radius 2 is 1.82 bits per heavy atom. The molecule has 0 aliphatic heterocycles. The molecular formula is C27H31N5O6. The first-order chi connectivity index (χ1) is 18.1. The van der Waals surface area contributed by atoms with E-state index < -0.39 is 17.3 Å². The van der Waals surface area contributed by atoms with Crippen LogP contribution in [0.25, 0.3) is 4.85 Å². The molecule has 2 aromatic carbocycles. The standard InChI is InChI=1S/C27H31N5O6/c1-17-24(32-26(36)31-17)25(35)18-9-11-20(12-10-18)37-15-23(34)29-16-27(2,3)30-13-19(33)14-38-22-8-6-5-7-21(22)28-4/h5-12,19,30,33H,13-16H2,1-3H3,(H,29,34)(H2,31,32,36)/t19-/m0/s1. The molecule has 11 heteroatoms. The molecule has 0 spiro atoms. The Hall–Kier alpha value is -4.40. The van der Waals surface area contributed by atoms with Crippen LogP contribution in [0.1, 0.15) is 35.6 Å². The van der Waals surface area contributed by atoms with E-state index in [0.29, 0.717) is 28.4 Å². The van der Waals surface area contributed by atoms with Crippen molar-refractivity contribution in [1.29, 1.82) is 0 Å². The number of imidazole rings is 1. The third kappa shape index (κ3) is 8.06. The van der Waals surface area contributed by atoms with Crippen molar-refractivity contribution in [1.82, 2.24) is 20.6 Å². The van der Waals surface area contributed by atoms with E-state index in [1.54, 1.807) is 55.5 Å². The van der Waals surface area contributed by atoms with Gasteiger partial charge in [0.1, 0.15) is 29.9 Å². The molecule has 0 aliphatic rings. The van der Waals surface area contributed by atoms with E-state index in [-0.39, 0.29) is 43.7 Å². The molecule has 0 radical (unpaired) electrons. The molecule has 38 heavy (non-hydrogen) atoms. The number of para-hydroxylation sites is 2. The van der Waals surface area contributed by atoms with Gasteiger partial charge in [-0.2, -0.15) is 0 Å². The zero-order chi connectivity index (χ0) is 27.7. The molecule has 200 valence electrons. The van der Waals surface area contributed by atoms with E-state index in [1.807, 2.05) is 13.8 Å². The summed E-state index contributed by atoms with van der Waals surface area (Å²) in [5.41, 5.74) is 0.441. The van der Waals surface area contributed by atoms with Gasteiger partial charge in [-0.15, -0.1) is 0 Å². The summed E-state index contributed by atoms with van der Waals surface area (Å²) in [6.07, 6.45) is -0.816. The topological polar surface area (TPSA) is 150 Å². The highest BCUT2D eigenvalue weighted by Crippen LogP contribution is 2.26. The van der Waals surface area contributed by atoms with E-state index in [4.69, 9.17) is 16.0 Å². The molecule has 0 saturated carbocycles. The average molecular weight is 522 g/mol. The number of carbonyl (C=O) groups is 2. The Morgan fingerprint density at radius 3 is 2.47 bits per heavy atom. The number of hydrogen-bond acceptors (Lipinski definition) is 7. The molecule has 11 nitrogen and oxygen atoms in total. The van der Waals surface area contributed by atoms with Crippen molar-refractivity contribution >= 4 is 17.4 Å². The van der Waals surface area contributed by atoms with Gasteiger partial charge >= 0.3 is 5.69 Å². The second-order valence-electron chi connectivity index (χ2n) is 9.31. The summed E-state index contributed by atoms with van der Waals surface area (Å²) in [7, 11) is 0. The fraction of sp³-hybridized carbons (Fsp3) is 0.333. The summed E-state index contributed by atoms with van der Waals surface area (Å²) in [6.45, 7) is 12.9. The highest BCUT2D eigenvalue weighted by Gasteiger charge is 2.20. The van der Waals surface area contributed by atoms with Gasteiger partial charge in [-0.3, -0.25) is 9.59 Å². The van der Waals surface area contributed by atoms with Gasteiger partial charge in [0.05, 0.1) is 6.57 Å². The van der Waals surface area contributed by atoms with Crippen LogP contribution in [0.5, 0.6) is 11.5 Å². The Bertz CT molecular complexity index is 1350. The molecule has 0 unspecified atom stereocenters. The lowest BCUT2D eigenvalue weighted by molar-refractivity contribution is -0.123. The number of rotatable bonds is 13. The van der Waals surface area contributed by atoms with Crippen LogP contribution < -0.4 is 25.8 Å². The van der Waals surface area contributed by atoms with Crippen LogP contribution in [-0.4, -0.2) is 64.7 Å². The summed E-state index contributed by atoms with van der Waals surface area (Å²) < 4.78 is 11.1. The molecule has 1 heterocycles. The maximum absolute atomic E-state index is 12.5. The number of nitrogens with zero attached hydrogens (tertiary/aromatic N) is 1. The van der Waals surface area contributed by atoms with Crippen LogP contribution in [0.15, 0.2) is 53.3 Å². The summed E-state index contributed by atoms with van der Waals surface area (Å²) in [5.74, 6) is 0.169. The number of aliphatic hydroxyl groups excluding tert-OH is 1. The van der Waals surface area contributed by atoms with Crippen molar-refractivity contribution in [3.05, 3.63) is 87.4 Å². The lowest BCUT2D eigenvalue weighted by Crippen LogP contribution is -2.52. The minimum absolute atomic E-state index is 0.0168. The number of amides is 1. The van der Waals surface area contributed by atoms with E-state index in [9.17, 15) is 19.5 Å². The van der Waals surface area contributed by atoms with Crippen molar-refractivity contribution in [2.45, 2.75) is 32.4 Å². The minimum atomic E-state index is -0.816. The number of hydrogen-bond donors (Lipinski definition) is 5. The quantitative estimate of drug-likeness (QED) is 0.171. The van der Waals surface area contributed by atoms with Crippen molar-refractivity contribution in [3.8, 4) is 11.5 Å². The average Bonchev–Trinajstić information content (AvgIpc) is 3.26. The van der Waals surface area contributed by atoms with E-state index in [2.05, 4.69) is 25.4 Å². The summed E-state index contributed by atoms with van der Waals surface area (Å²) in [4.78, 5) is 44.6. The number of aryl methyl sites for hydroxylation is 1. The predicted octanol–water partition coefficient (Wildman–Crippen LogP) is 2.10. The van der Waals surface area contributed by atoms with Crippen LogP contribution in [0.4, 0.5) is 5.69 Å². The number of aromatic amines is 2. The number of β-amino-alcohol motifs (C(OH)–C–C–N with tert-alkyl or cyclic N) is 1. The Morgan fingerprint density at radius 1 is 1.11 bits per heavy atom. The smallest absolute Gasteiger partial charge is 0.323 e. The van der Waals surface area contributed by atoms with Gasteiger partial charge in [-0.25, -0.2) is 9.64 Å². The highest BCUT2D eigenvalue weighted by atomic mass is 16.5. The molecule has 1 aromatic heterocycles. The van der Waals surface area contributed by atoms with Gasteiger partial charge in [0.15, 0.2) is 6.61 Å². The lowest BCUT2D eigenvalue weighted by atomic mass is 10.1. The first-order valence-corrected chi connectivity index (χ1v) is 11.9. The normalized spacial score (nSPS) is 11.9.